The molecule has 0 saturated carbocycles. The van der Waals surface area contributed by atoms with Gasteiger partial charge in [0.15, 0.2) is 5.69 Å². The van der Waals surface area contributed by atoms with Gasteiger partial charge in [0.2, 0.25) is 5.43 Å². The number of hydrogen-bond donors (Lipinski definition) is 1. The number of nitrogens with zero attached hydrogens (tertiary/aromatic N) is 2. The predicted octanol–water partition coefficient (Wildman–Crippen LogP) is 3.52. The van der Waals surface area contributed by atoms with Crippen LogP contribution >= 0.6 is 11.3 Å². The van der Waals surface area contributed by atoms with Gasteiger partial charge in [-0.3, -0.25) is 9.59 Å². The topological polar surface area (TPSA) is 90.3 Å². The summed E-state index contributed by atoms with van der Waals surface area (Å²) < 4.78 is 6.42. The Morgan fingerprint density at radius 3 is 2.60 bits per heavy atom. The number of amides is 1. The van der Waals surface area contributed by atoms with Crippen LogP contribution in [0.15, 0.2) is 41.3 Å². The van der Waals surface area contributed by atoms with Gasteiger partial charge in [-0.1, -0.05) is 17.7 Å². The molecule has 0 atom stereocenters. The van der Waals surface area contributed by atoms with Gasteiger partial charge in [0, 0.05) is 17.1 Å². The monoisotopic (exact) mass is 423 g/mol. The quantitative estimate of drug-likeness (QED) is 0.649. The molecular formula is C22H21N3O4S. The van der Waals surface area contributed by atoms with Gasteiger partial charge in [0.25, 0.3) is 5.91 Å². The summed E-state index contributed by atoms with van der Waals surface area (Å²) in [5.41, 5.74) is 2.43. The van der Waals surface area contributed by atoms with Crippen LogP contribution in [0, 0.1) is 6.92 Å². The van der Waals surface area contributed by atoms with E-state index in [2.05, 4.69) is 10.4 Å². The second-order valence-corrected chi connectivity index (χ2v) is 8.27. The first-order valence-corrected chi connectivity index (χ1v) is 10.5. The summed E-state index contributed by atoms with van der Waals surface area (Å²) >= 11 is 1.37. The van der Waals surface area contributed by atoms with Gasteiger partial charge in [-0.25, -0.2) is 9.48 Å². The van der Waals surface area contributed by atoms with E-state index in [1.807, 2.05) is 31.2 Å². The fourth-order valence-corrected chi connectivity index (χ4v) is 4.81. The van der Waals surface area contributed by atoms with Crippen LogP contribution in [0.1, 0.15) is 49.7 Å². The van der Waals surface area contributed by atoms with E-state index in [1.165, 1.54) is 35.4 Å². The second-order valence-electron chi connectivity index (χ2n) is 7.17. The molecule has 1 aromatic carbocycles. The van der Waals surface area contributed by atoms with Crippen LogP contribution in [-0.4, -0.2) is 28.8 Å². The number of ether oxygens (including phenoxy) is 1. The van der Waals surface area contributed by atoms with E-state index in [4.69, 9.17) is 4.74 Å². The highest BCUT2D eigenvalue weighted by atomic mass is 32.1. The van der Waals surface area contributed by atoms with Crippen LogP contribution < -0.4 is 10.7 Å². The minimum Gasteiger partial charge on any atom is -0.465 e. The molecule has 0 fully saturated rings. The summed E-state index contributed by atoms with van der Waals surface area (Å²) in [5.74, 6) is -1.13. The number of thiophene rings is 1. The Bertz CT molecular complexity index is 1180. The summed E-state index contributed by atoms with van der Waals surface area (Å²) in [4.78, 5) is 38.7. The van der Waals surface area contributed by atoms with Crippen LogP contribution in [0.4, 0.5) is 5.00 Å². The van der Waals surface area contributed by atoms with Crippen molar-refractivity contribution >= 4 is 28.2 Å². The molecule has 0 spiro atoms. The maximum absolute atomic E-state index is 12.9. The van der Waals surface area contributed by atoms with Gasteiger partial charge >= 0.3 is 5.97 Å². The molecule has 3 aromatic rings. The van der Waals surface area contributed by atoms with Crippen molar-refractivity contribution in [3.8, 4) is 5.69 Å². The standard InChI is InChI=1S/C22H21N3O4S/c1-13-7-9-14(10-8-13)25-12-11-16(26)19(24-25)20(27)23-21-18(22(28)29-2)15-5-3-4-6-17(15)30-21/h7-12H,3-6H2,1-2H3,(H,23,27). The molecule has 30 heavy (non-hydrogen) atoms. The van der Waals surface area contributed by atoms with Gasteiger partial charge in [-0.2, -0.15) is 5.10 Å². The number of carbonyl (C=O) groups excluding carboxylic acids is 2. The van der Waals surface area contributed by atoms with E-state index in [-0.39, 0.29) is 5.69 Å². The number of fused-ring (bicyclic) bond motifs is 1. The van der Waals surface area contributed by atoms with Crippen molar-refractivity contribution in [1.29, 1.82) is 0 Å². The first-order chi connectivity index (χ1) is 14.5. The normalized spacial score (nSPS) is 12.9. The molecule has 0 radical (unpaired) electrons. The zero-order valence-electron chi connectivity index (χ0n) is 16.7. The minimum absolute atomic E-state index is 0.236. The van der Waals surface area contributed by atoms with Crippen LogP contribution in [0.2, 0.25) is 0 Å². The number of methoxy groups -OCH3 is 1. The molecular weight excluding hydrogens is 402 g/mol. The zero-order valence-corrected chi connectivity index (χ0v) is 17.5. The minimum atomic E-state index is -0.648. The SMILES string of the molecule is COC(=O)c1c(NC(=O)c2nn(-c3ccc(C)cc3)ccc2=O)sc2c1CCCC2. The zero-order chi connectivity index (χ0) is 21.3. The van der Waals surface area contributed by atoms with Gasteiger partial charge in [-0.05, 0) is 50.3 Å². The van der Waals surface area contributed by atoms with Crippen molar-refractivity contribution in [3.05, 3.63) is 74.0 Å². The molecule has 1 aliphatic rings. The molecule has 4 rings (SSSR count). The number of nitrogens with one attached hydrogen (secondary N) is 1. The summed E-state index contributed by atoms with van der Waals surface area (Å²) in [6.07, 6.45) is 5.19. The number of benzene rings is 1. The van der Waals surface area contributed by atoms with E-state index < -0.39 is 17.3 Å². The number of aryl methyl sites for hydroxylation is 2. The number of carbonyl (C=O) groups is 2. The highest BCUT2D eigenvalue weighted by Gasteiger charge is 2.27. The Morgan fingerprint density at radius 2 is 1.87 bits per heavy atom. The Labute approximate surface area is 177 Å². The third kappa shape index (κ3) is 3.78. The lowest BCUT2D eigenvalue weighted by molar-refractivity contribution is 0.0601. The van der Waals surface area contributed by atoms with E-state index in [0.717, 1.165) is 47.4 Å². The number of aromatic nitrogens is 2. The Morgan fingerprint density at radius 1 is 1.13 bits per heavy atom. The fraction of sp³-hybridized carbons (Fsp3) is 0.273. The molecule has 0 unspecified atom stereocenters. The van der Waals surface area contributed by atoms with E-state index in [0.29, 0.717) is 10.6 Å². The van der Waals surface area contributed by atoms with Crippen LogP contribution in [-0.2, 0) is 17.6 Å². The van der Waals surface area contributed by atoms with Crippen molar-refractivity contribution in [2.45, 2.75) is 32.6 Å². The molecule has 8 heteroatoms. The molecule has 2 heterocycles. The molecule has 2 aromatic heterocycles. The van der Waals surface area contributed by atoms with Crippen molar-refractivity contribution < 1.29 is 14.3 Å². The molecule has 1 amide bonds. The summed E-state index contributed by atoms with van der Waals surface area (Å²) in [6, 6.07) is 8.87. The maximum Gasteiger partial charge on any atom is 0.341 e. The molecule has 154 valence electrons. The van der Waals surface area contributed by atoms with Gasteiger partial charge in [0.05, 0.1) is 18.4 Å². The number of anilines is 1. The average Bonchev–Trinajstić information content (AvgIpc) is 3.12. The third-order valence-electron chi connectivity index (χ3n) is 5.11. The lowest BCUT2D eigenvalue weighted by atomic mass is 9.95. The van der Waals surface area contributed by atoms with Gasteiger partial charge in [-0.15, -0.1) is 11.3 Å². The largest absolute Gasteiger partial charge is 0.465 e. The number of esters is 1. The highest BCUT2D eigenvalue weighted by molar-refractivity contribution is 7.17. The molecule has 0 saturated heterocycles. The van der Waals surface area contributed by atoms with Crippen LogP contribution in [0.5, 0.6) is 0 Å². The van der Waals surface area contributed by atoms with Crippen molar-refractivity contribution in [2.75, 3.05) is 12.4 Å². The second kappa shape index (κ2) is 8.23. The summed E-state index contributed by atoms with van der Waals surface area (Å²) in [6.45, 7) is 1.97. The lowest BCUT2D eigenvalue weighted by Crippen LogP contribution is -2.25. The molecule has 1 aliphatic carbocycles. The van der Waals surface area contributed by atoms with Crippen LogP contribution in [0.25, 0.3) is 5.69 Å². The smallest absolute Gasteiger partial charge is 0.341 e. The summed E-state index contributed by atoms with van der Waals surface area (Å²) in [7, 11) is 1.32. The van der Waals surface area contributed by atoms with Crippen LogP contribution in [0.3, 0.4) is 0 Å². The fourth-order valence-electron chi connectivity index (χ4n) is 3.54. The Kier molecular flexibility index (Phi) is 5.50. The van der Waals surface area contributed by atoms with Crippen molar-refractivity contribution in [2.24, 2.45) is 0 Å². The molecule has 1 N–H and O–H groups in total. The molecule has 7 nitrogen and oxygen atoms in total. The van der Waals surface area contributed by atoms with Crippen molar-refractivity contribution in [3.63, 3.8) is 0 Å². The summed E-state index contributed by atoms with van der Waals surface area (Å²) in [5, 5.41) is 7.36. The maximum atomic E-state index is 12.9. The van der Waals surface area contributed by atoms with E-state index >= 15 is 0 Å². The van der Waals surface area contributed by atoms with E-state index in [1.54, 1.807) is 0 Å². The number of rotatable bonds is 4. The first kappa shape index (κ1) is 20.0. The predicted molar refractivity (Wildman–Crippen MR) is 115 cm³/mol. The van der Waals surface area contributed by atoms with Crippen molar-refractivity contribution in [1.82, 2.24) is 9.78 Å². The molecule has 0 bridgehead atoms. The average molecular weight is 423 g/mol. The Balaban J connectivity index is 1.69. The van der Waals surface area contributed by atoms with Gasteiger partial charge in [0.1, 0.15) is 5.00 Å². The first-order valence-electron chi connectivity index (χ1n) is 9.69. The highest BCUT2D eigenvalue weighted by Crippen LogP contribution is 2.38. The van der Waals surface area contributed by atoms with E-state index in [9.17, 15) is 14.4 Å². The number of hydrogen-bond acceptors (Lipinski definition) is 6. The molecule has 0 aliphatic heterocycles. The van der Waals surface area contributed by atoms with Gasteiger partial charge < -0.3 is 10.1 Å². The lowest BCUT2D eigenvalue weighted by Gasteiger charge is -2.11. The Hall–Kier alpha value is -3.26. The third-order valence-corrected chi connectivity index (χ3v) is 6.32.